The van der Waals surface area contributed by atoms with Gasteiger partial charge in [0.15, 0.2) is 10.8 Å². The molecular formula is C11H11F3O3S. The molecule has 2 atom stereocenters. The largest absolute Gasteiger partial charge is 0.481 e. The smallest absolute Gasteiger partial charge is 0.475 e. The second kappa shape index (κ2) is 5.51. The van der Waals surface area contributed by atoms with Crippen molar-refractivity contribution >= 4 is 16.8 Å². The van der Waals surface area contributed by atoms with Crippen molar-refractivity contribution in [1.29, 1.82) is 0 Å². The van der Waals surface area contributed by atoms with Crippen LogP contribution in [0.3, 0.4) is 0 Å². The molecule has 7 heteroatoms. The van der Waals surface area contributed by atoms with Crippen molar-refractivity contribution in [1.82, 2.24) is 0 Å². The van der Waals surface area contributed by atoms with E-state index in [4.69, 9.17) is 5.11 Å². The van der Waals surface area contributed by atoms with E-state index in [1.807, 2.05) is 0 Å². The highest BCUT2D eigenvalue weighted by atomic mass is 32.2. The summed E-state index contributed by atoms with van der Waals surface area (Å²) in [6.45, 7) is 1.67. The van der Waals surface area contributed by atoms with Gasteiger partial charge in [-0.05, 0) is 24.1 Å². The molecule has 2 unspecified atom stereocenters. The predicted molar refractivity (Wildman–Crippen MR) is 59.6 cm³/mol. The van der Waals surface area contributed by atoms with Crippen molar-refractivity contribution < 1.29 is 27.3 Å². The van der Waals surface area contributed by atoms with Gasteiger partial charge in [-0.2, -0.15) is 13.2 Å². The molecule has 0 heterocycles. The average molecular weight is 280 g/mol. The molecule has 1 rings (SSSR count). The highest BCUT2D eigenvalue weighted by molar-refractivity contribution is 7.86. The Labute approximate surface area is 104 Å². The fourth-order valence-electron chi connectivity index (χ4n) is 1.51. The normalized spacial score (nSPS) is 15.1. The van der Waals surface area contributed by atoms with E-state index >= 15 is 0 Å². The SMILES string of the molecule is CCC(C(=O)O)c1ccc(S(=O)C(F)(F)F)cc1. The summed E-state index contributed by atoms with van der Waals surface area (Å²) in [4.78, 5) is 10.5. The maximum absolute atomic E-state index is 12.2. The van der Waals surface area contributed by atoms with Crippen LogP contribution >= 0.6 is 0 Å². The third-order valence-electron chi connectivity index (χ3n) is 2.41. The molecular weight excluding hydrogens is 269 g/mol. The molecule has 0 aliphatic rings. The molecule has 0 fully saturated rings. The van der Waals surface area contributed by atoms with Crippen LogP contribution in [0.2, 0.25) is 0 Å². The van der Waals surface area contributed by atoms with Crippen LogP contribution in [0.15, 0.2) is 29.2 Å². The molecule has 1 aromatic carbocycles. The molecule has 1 aromatic rings. The summed E-state index contributed by atoms with van der Waals surface area (Å²) in [6.07, 6.45) is 0.330. The monoisotopic (exact) mass is 280 g/mol. The number of aliphatic carboxylic acids is 1. The van der Waals surface area contributed by atoms with Crippen molar-refractivity contribution in [3.8, 4) is 0 Å². The highest BCUT2D eigenvalue weighted by Crippen LogP contribution is 2.28. The van der Waals surface area contributed by atoms with E-state index in [-0.39, 0.29) is 4.90 Å². The number of carboxylic acids is 1. The highest BCUT2D eigenvalue weighted by Gasteiger charge is 2.37. The van der Waals surface area contributed by atoms with Crippen LogP contribution in [0, 0.1) is 0 Å². The quantitative estimate of drug-likeness (QED) is 0.922. The van der Waals surface area contributed by atoms with Gasteiger partial charge in [0.05, 0.1) is 5.92 Å². The van der Waals surface area contributed by atoms with Gasteiger partial charge < -0.3 is 5.11 Å². The molecule has 100 valence electrons. The molecule has 0 amide bonds. The van der Waals surface area contributed by atoms with Crippen LogP contribution in [-0.2, 0) is 15.6 Å². The van der Waals surface area contributed by atoms with E-state index < -0.39 is 28.2 Å². The number of hydrogen-bond acceptors (Lipinski definition) is 2. The van der Waals surface area contributed by atoms with Crippen molar-refractivity contribution in [3.63, 3.8) is 0 Å². The molecule has 3 nitrogen and oxygen atoms in total. The van der Waals surface area contributed by atoms with E-state index in [9.17, 15) is 22.2 Å². The van der Waals surface area contributed by atoms with Crippen molar-refractivity contribution in [2.75, 3.05) is 0 Å². The van der Waals surface area contributed by atoms with Gasteiger partial charge in [-0.15, -0.1) is 0 Å². The number of hydrogen-bond donors (Lipinski definition) is 1. The van der Waals surface area contributed by atoms with Crippen LogP contribution in [0.25, 0.3) is 0 Å². The number of rotatable bonds is 4. The van der Waals surface area contributed by atoms with E-state index in [2.05, 4.69) is 0 Å². The Hall–Kier alpha value is -1.37. The van der Waals surface area contributed by atoms with Crippen molar-refractivity contribution in [2.45, 2.75) is 29.7 Å². The van der Waals surface area contributed by atoms with Gasteiger partial charge >= 0.3 is 11.5 Å². The predicted octanol–water partition coefficient (Wildman–Crippen LogP) is 2.89. The average Bonchev–Trinajstić information content (AvgIpc) is 2.28. The Kier molecular flexibility index (Phi) is 4.50. The number of benzene rings is 1. The van der Waals surface area contributed by atoms with E-state index in [0.717, 1.165) is 12.1 Å². The summed E-state index contributed by atoms with van der Waals surface area (Å²) in [5.41, 5.74) is -4.41. The molecule has 0 bridgehead atoms. The topological polar surface area (TPSA) is 54.4 Å². The van der Waals surface area contributed by atoms with Crippen LogP contribution in [0.1, 0.15) is 24.8 Å². The first-order valence-electron chi connectivity index (χ1n) is 5.08. The molecule has 0 saturated carbocycles. The van der Waals surface area contributed by atoms with E-state index in [0.29, 0.717) is 12.0 Å². The summed E-state index contributed by atoms with van der Waals surface area (Å²) >= 11 is 0. The van der Waals surface area contributed by atoms with Crippen LogP contribution in [-0.4, -0.2) is 20.8 Å². The number of carbonyl (C=O) groups is 1. The fraction of sp³-hybridized carbons (Fsp3) is 0.364. The first-order valence-corrected chi connectivity index (χ1v) is 6.23. The van der Waals surface area contributed by atoms with Gasteiger partial charge in [0.25, 0.3) is 0 Å². The lowest BCUT2D eigenvalue weighted by molar-refractivity contribution is -0.138. The first kappa shape index (κ1) is 14.7. The van der Waals surface area contributed by atoms with Crippen molar-refractivity contribution in [2.24, 2.45) is 0 Å². The molecule has 1 N–H and O–H groups in total. The standard InChI is InChI=1S/C11H11F3O3S/c1-2-9(10(15)16)7-3-5-8(6-4-7)18(17)11(12,13)14/h3-6,9H,2H2,1H3,(H,15,16). The van der Waals surface area contributed by atoms with Gasteiger partial charge in [0, 0.05) is 4.90 Å². The number of halogens is 3. The molecule has 0 radical (unpaired) electrons. The molecule has 0 saturated heterocycles. The maximum Gasteiger partial charge on any atom is 0.475 e. The molecule has 0 spiro atoms. The lowest BCUT2D eigenvalue weighted by Crippen LogP contribution is -2.16. The minimum atomic E-state index is -4.81. The molecule has 0 aliphatic carbocycles. The van der Waals surface area contributed by atoms with Crippen LogP contribution in [0.5, 0.6) is 0 Å². The Morgan fingerprint density at radius 1 is 1.33 bits per heavy atom. The minimum absolute atomic E-state index is 0.330. The Balaban J connectivity index is 3.00. The van der Waals surface area contributed by atoms with Gasteiger partial charge in [0.1, 0.15) is 0 Å². The number of carboxylic acid groups (broad SMARTS) is 1. The second-order valence-corrected chi connectivity index (χ2v) is 5.05. The maximum atomic E-state index is 12.2. The zero-order valence-corrected chi connectivity index (χ0v) is 10.2. The lowest BCUT2D eigenvalue weighted by atomic mass is 9.97. The van der Waals surface area contributed by atoms with E-state index in [1.54, 1.807) is 6.92 Å². The van der Waals surface area contributed by atoms with E-state index in [1.165, 1.54) is 12.1 Å². The molecule has 18 heavy (non-hydrogen) atoms. The van der Waals surface area contributed by atoms with Crippen molar-refractivity contribution in [3.05, 3.63) is 29.8 Å². The van der Waals surface area contributed by atoms with Gasteiger partial charge in [-0.3, -0.25) is 4.79 Å². The van der Waals surface area contributed by atoms with Gasteiger partial charge in [-0.1, -0.05) is 19.1 Å². The second-order valence-electron chi connectivity index (χ2n) is 3.58. The fourth-order valence-corrected chi connectivity index (χ4v) is 2.16. The van der Waals surface area contributed by atoms with Crippen LogP contribution < -0.4 is 0 Å². The van der Waals surface area contributed by atoms with Crippen LogP contribution in [0.4, 0.5) is 13.2 Å². The molecule has 0 aromatic heterocycles. The zero-order chi connectivity index (χ0) is 13.9. The third kappa shape index (κ3) is 3.32. The summed E-state index contributed by atoms with van der Waals surface area (Å²) in [7, 11) is -3.08. The Morgan fingerprint density at radius 2 is 1.83 bits per heavy atom. The van der Waals surface area contributed by atoms with Gasteiger partial charge in [0.2, 0.25) is 0 Å². The summed E-state index contributed by atoms with van der Waals surface area (Å²) < 4.78 is 47.6. The lowest BCUT2D eigenvalue weighted by Gasteiger charge is -2.11. The number of alkyl halides is 3. The zero-order valence-electron chi connectivity index (χ0n) is 9.40. The molecule has 0 aliphatic heterocycles. The third-order valence-corrected chi connectivity index (χ3v) is 3.53. The summed E-state index contributed by atoms with van der Waals surface area (Å²) in [5.74, 6) is -1.81. The van der Waals surface area contributed by atoms with Gasteiger partial charge in [-0.25, -0.2) is 4.21 Å². The Morgan fingerprint density at radius 3 is 2.17 bits per heavy atom. The first-order chi connectivity index (χ1) is 8.27. The summed E-state index contributed by atoms with van der Waals surface area (Å²) in [6, 6.07) is 4.62. The Bertz CT molecular complexity index is 454. The summed E-state index contributed by atoms with van der Waals surface area (Å²) in [5, 5.41) is 8.89. The minimum Gasteiger partial charge on any atom is -0.481 e.